The smallest absolute Gasteiger partial charge is 0.253 e. The first kappa shape index (κ1) is 18.1. The first-order valence-electron chi connectivity index (χ1n) is 7.93. The molecule has 4 rings (SSSR count). The van der Waals surface area contributed by atoms with Crippen LogP contribution in [0.3, 0.4) is 0 Å². The van der Waals surface area contributed by atoms with E-state index in [9.17, 15) is 9.59 Å². The fraction of sp³-hybridized carbons (Fsp3) is 0. The van der Waals surface area contributed by atoms with Crippen molar-refractivity contribution in [3.8, 4) is 0 Å². The molecule has 0 unspecified atom stereocenters. The third kappa shape index (κ3) is 3.93. The molecule has 4 aromatic carbocycles. The summed E-state index contributed by atoms with van der Waals surface area (Å²) in [6, 6.07) is 26.4. The molecule has 0 saturated heterocycles. The maximum absolute atomic E-state index is 11.0. The molecule has 0 aliphatic heterocycles. The van der Waals surface area contributed by atoms with E-state index in [1.807, 2.05) is 72.8 Å². The third-order valence-corrected chi connectivity index (χ3v) is 4.41. The number of benzene rings is 4. The van der Waals surface area contributed by atoms with Gasteiger partial charge in [-0.15, -0.1) is 0 Å². The number of rotatable bonds is 2. The van der Waals surface area contributed by atoms with Crippen LogP contribution in [0.15, 0.2) is 84.9 Å². The fourth-order valence-corrected chi connectivity index (χ4v) is 3.12. The van der Waals surface area contributed by atoms with Crippen molar-refractivity contribution >= 4 is 55.2 Å². The SMILES string of the molecule is O=C(Cl)c1cccc2ccccc12.O=C(Cl)c1cccc2ccccc12. The average molecular weight is 381 g/mol. The van der Waals surface area contributed by atoms with Crippen molar-refractivity contribution in [3.63, 3.8) is 0 Å². The van der Waals surface area contributed by atoms with E-state index in [1.54, 1.807) is 12.1 Å². The van der Waals surface area contributed by atoms with Crippen molar-refractivity contribution in [2.24, 2.45) is 0 Å². The summed E-state index contributed by atoms with van der Waals surface area (Å²) >= 11 is 10.9. The maximum Gasteiger partial charge on any atom is 0.253 e. The lowest BCUT2D eigenvalue weighted by Gasteiger charge is -2.00. The Morgan fingerprint density at radius 2 is 0.846 bits per heavy atom. The minimum absolute atomic E-state index is 0.406. The Hall–Kier alpha value is -2.68. The number of carbonyl (C=O) groups is 2. The molecular formula is C22H14Cl2O2. The Morgan fingerprint density at radius 1 is 0.500 bits per heavy atom. The van der Waals surface area contributed by atoms with Crippen LogP contribution in [0.25, 0.3) is 21.5 Å². The highest BCUT2D eigenvalue weighted by atomic mass is 35.5. The summed E-state index contributed by atoms with van der Waals surface area (Å²) in [4.78, 5) is 22.0. The van der Waals surface area contributed by atoms with E-state index in [4.69, 9.17) is 23.2 Å². The van der Waals surface area contributed by atoms with Crippen LogP contribution in [0.1, 0.15) is 20.7 Å². The van der Waals surface area contributed by atoms with E-state index >= 15 is 0 Å². The largest absolute Gasteiger partial charge is 0.276 e. The van der Waals surface area contributed by atoms with Gasteiger partial charge in [-0.05, 0) is 56.9 Å². The lowest BCUT2D eigenvalue weighted by atomic mass is 10.1. The van der Waals surface area contributed by atoms with Gasteiger partial charge >= 0.3 is 0 Å². The summed E-state index contributed by atoms with van der Waals surface area (Å²) in [6.07, 6.45) is 0. The molecule has 0 amide bonds. The number of hydrogen-bond donors (Lipinski definition) is 0. The quantitative estimate of drug-likeness (QED) is 0.375. The van der Waals surface area contributed by atoms with Gasteiger partial charge in [0, 0.05) is 11.1 Å². The normalized spacial score (nSPS) is 10.2. The van der Waals surface area contributed by atoms with Gasteiger partial charge in [-0.2, -0.15) is 0 Å². The maximum atomic E-state index is 11.0. The molecule has 0 aliphatic carbocycles. The average Bonchev–Trinajstić information content (AvgIpc) is 2.67. The van der Waals surface area contributed by atoms with Gasteiger partial charge in [0.1, 0.15) is 0 Å². The second kappa shape index (κ2) is 8.13. The highest BCUT2D eigenvalue weighted by Crippen LogP contribution is 2.20. The van der Waals surface area contributed by atoms with Crippen molar-refractivity contribution in [1.82, 2.24) is 0 Å². The van der Waals surface area contributed by atoms with Crippen LogP contribution in [0.5, 0.6) is 0 Å². The molecule has 0 N–H and O–H groups in total. The van der Waals surface area contributed by atoms with Crippen LogP contribution >= 0.6 is 23.2 Å². The molecule has 0 bridgehead atoms. The first-order valence-corrected chi connectivity index (χ1v) is 8.68. The molecule has 0 fully saturated rings. The van der Waals surface area contributed by atoms with E-state index in [0.717, 1.165) is 21.5 Å². The highest BCUT2D eigenvalue weighted by molar-refractivity contribution is 6.69. The number of fused-ring (bicyclic) bond motifs is 2. The van der Waals surface area contributed by atoms with Gasteiger partial charge in [0.05, 0.1) is 0 Å². The van der Waals surface area contributed by atoms with Crippen molar-refractivity contribution in [2.75, 3.05) is 0 Å². The van der Waals surface area contributed by atoms with Crippen LogP contribution in [-0.4, -0.2) is 10.5 Å². The van der Waals surface area contributed by atoms with E-state index in [0.29, 0.717) is 11.1 Å². The zero-order valence-electron chi connectivity index (χ0n) is 13.7. The number of hydrogen-bond acceptors (Lipinski definition) is 2. The Labute approximate surface area is 161 Å². The summed E-state index contributed by atoms with van der Waals surface area (Å²) < 4.78 is 0. The Bertz CT molecular complexity index is 1000. The molecule has 4 aromatic rings. The molecule has 0 spiro atoms. The van der Waals surface area contributed by atoms with E-state index in [2.05, 4.69) is 0 Å². The molecular weight excluding hydrogens is 367 g/mol. The number of carbonyl (C=O) groups excluding carboxylic acids is 2. The zero-order valence-corrected chi connectivity index (χ0v) is 15.2. The predicted molar refractivity (Wildman–Crippen MR) is 108 cm³/mol. The van der Waals surface area contributed by atoms with Gasteiger partial charge in [-0.3, -0.25) is 9.59 Å². The lowest BCUT2D eigenvalue weighted by Crippen LogP contribution is -1.89. The molecule has 0 saturated carbocycles. The van der Waals surface area contributed by atoms with E-state index in [-0.39, 0.29) is 0 Å². The molecule has 0 aromatic heterocycles. The van der Waals surface area contributed by atoms with Crippen LogP contribution in [0.4, 0.5) is 0 Å². The number of halogens is 2. The van der Waals surface area contributed by atoms with Crippen molar-refractivity contribution in [3.05, 3.63) is 96.1 Å². The van der Waals surface area contributed by atoms with Crippen molar-refractivity contribution in [1.29, 1.82) is 0 Å². The second-order valence-corrected chi connectivity index (χ2v) is 6.29. The van der Waals surface area contributed by atoms with Crippen molar-refractivity contribution < 1.29 is 9.59 Å². The van der Waals surface area contributed by atoms with Crippen LogP contribution in [0, 0.1) is 0 Å². The van der Waals surface area contributed by atoms with Crippen LogP contribution < -0.4 is 0 Å². The minimum Gasteiger partial charge on any atom is -0.276 e. The van der Waals surface area contributed by atoms with Gasteiger partial charge in [0.15, 0.2) is 0 Å². The zero-order chi connectivity index (χ0) is 18.5. The Morgan fingerprint density at radius 3 is 1.23 bits per heavy atom. The molecule has 0 radical (unpaired) electrons. The highest BCUT2D eigenvalue weighted by Gasteiger charge is 2.06. The standard InChI is InChI=1S/2C11H7ClO/c2*12-11(13)10-7-3-5-8-4-1-2-6-9(8)10/h2*1-7H. The molecule has 0 heterocycles. The Kier molecular flexibility index (Phi) is 5.67. The van der Waals surface area contributed by atoms with Gasteiger partial charge in [0.2, 0.25) is 0 Å². The lowest BCUT2D eigenvalue weighted by molar-refractivity contribution is 0.107. The molecule has 2 nitrogen and oxygen atoms in total. The van der Waals surface area contributed by atoms with Crippen molar-refractivity contribution in [2.45, 2.75) is 0 Å². The summed E-state index contributed by atoms with van der Waals surface area (Å²) in [5, 5.41) is 3.08. The topological polar surface area (TPSA) is 34.1 Å². The molecule has 4 heteroatoms. The van der Waals surface area contributed by atoms with E-state index < -0.39 is 10.5 Å². The summed E-state index contributed by atoms with van der Waals surface area (Å²) in [6.45, 7) is 0. The third-order valence-electron chi connectivity index (χ3n) is 4.00. The first-order chi connectivity index (χ1) is 12.6. The van der Waals surface area contributed by atoms with E-state index in [1.165, 1.54) is 0 Å². The monoisotopic (exact) mass is 380 g/mol. The second-order valence-electron chi connectivity index (χ2n) is 5.60. The van der Waals surface area contributed by atoms with Crippen LogP contribution in [-0.2, 0) is 0 Å². The minimum atomic E-state index is -0.406. The summed E-state index contributed by atoms with van der Waals surface area (Å²) in [7, 11) is 0. The van der Waals surface area contributed by atoms with Gasteiger partial charge in [-0.1, -0.05) is 72.8 Å². The molecule has 0 aliphatic rings. The summed E-state index contributed by atoms with van der Waals surface area (Å²) in [5.41, 5.74) is 1.14. The predicted octanol–water partition coefficient (Wildman–Crippen LogP) is 6.44. The van der Waals surface area contributed by atoms with Gasteiger partial charge in [0.25, 0.3) is 10.5 Å². The van der Waals surface area contributed by atoms with Crippen LogP contribution in [0.2, 0.25) is 0 Å². The summed E-state index contributed by atoms with van der Waals surface area (Å²) in [5.74, 6) is 0. The van der Waals surface area contributed by atoms with Gasteiger partial charge in [-0.25, -0.2) is 0 Å². The Balaban J connectivity index is 0.000000151. The molecule has 0 atom stereocenters. The van der Waals surface area contributed by atoms with Gasteiger partial charge < -0.3 is 0 Å². The molecule has 26 heavy (non-hydrogen) atoms. The molecule has 128 valence electrons. The fourth-order valence-electron chi connectivity index (χ4n) is 2.79.